The zero-order valence-electron chi connectivity index (χ0n) is 16.8. The number of carbonyl (C=O) groups excluding carboxylic acids is 1. The molecule has 5 nitrogen and oxygen atoms in total. The lowest BCUT2D eigenvalue weighted by Crippen LogP contribution is -2.41. The van der Waals surface area contributed by atoms with Crippen LogP contribution in [0.25, 0.3) is 0 Å². The van der Waals surface area contributed by atoms with E-state index < -0.39 is 0 Å². The topological polar surface area (TPSA) is 65.5 Å². The molecule has 1 saturated carbocycles. The molecule has 0 unspecified atom stereocenters. The van der Waals surface area contributed by atoms with E-state index in [1.54, 1.807) is 12.1 Å². The maximum Gasteiger partial charge on any atom is 0.221 e. The molecule has 7 heteroatoms. The lowest BCUT2D eigenvalue weighted by molar-refractivity contribution is -0.114. The Morgan fingerprint density at radius 3 is 2.55 bits per heavy atom. The van der Waals surface area contributed by atoms with Crippen LogP contribution in [-0.2, 0) is 16.8 Å². The largest absolute Gasteiger partial charge is 0.357 e. The van der Waals surface area contributed by atoms with Crippen LogP contribution in [-0.4, -0.2) is 25.0 Å². The summed E-state index contributed by atoms with van der Waals surface area (Å²) in [6.45, 7) is 5.48. The summed E-state index contributed by atoms with van der Waals surface area (Å²) in [6, 6.07) is 14.5. The van der Waals surface area contributed by atoms with Crippen molar-refractivity contribution in [2.24, 2.45) is 4.99 Å². The molecule has 0 heterocycles. The summed E-state index contributed by atoms with van der Waals surface area (Å²) in [4.78, 5) is 15.9. The fourth-order valence-corrected chi connectivity index (χ4v) is 3.25. The number of nitrogens with zero attached hydrogens (tertiary/aromatic N) is 1. The standard InChI is InChI=1S/C22H27FN4O.HI/c1-3-24-21(25-14-17-6-4-9-20(12-17)27-16(2)28)26-15-22(10-11-22)18-7-5-8-19(23)13-18;/h4-9,12-13H,3,10-11,14-15H2,1-2H3,(H,27,28)(H2,24,25,26);1H. The van der Waals surface area contributed by atoms with E-state index in [0.717, 1.165) is 42.2 Å². The van der Waals surface area contributed by atoms with E-state index in [2.05, 4.69) is 20.9 Å². The molecule has 0 aliphatic heterocycles. The molecular formula is C22H28FIN4O. The third-order valence-corrected chi connectivity index (χ3v) is 4.90. The second-order valence-electron chi connectivity index (χ2n) is 7.22. The fourth-order valence-electron chi connectivity index (χ4n) is 3.25. The molecular weight excluding hydrogens is 482 g/mol. The summed E-state index contributed by atoms with van der Waals surface area (Å²) >= 11 is 0. The lowest BCUT2D eigenvalue weighted by Gasteiger charge is -2.19. The van der Waals surface area contributed by atoms with Gasteiger partial charge in [-0.1, -0.05) is 24.3 Å². The van der Waals surface area contributed by atoms with Gasteiger partial charge in [-0.05, 0) is 55.2 Å². The number of carbonyl (C=O) groups is 1. The van der Waals surface area contributed by atoms with Gasteiger partial charge in [0, 0.05) is 31.1 Å². The van der Waals surface area contributed by atoms with Crippen LogP contribution >= 0.6 is 24.0 Å². The van der Waals surface area contributed by atoms with Crippen molar-refractivity contribution in [2.75, 3.05) is 18.4 Å². The summed E-state index contributed by atoms with van der Waals surface area (Å²) in [7, 11) is 0. The Morgan fingerprint density at radius 2 is 1.90 bits per heavy atom. The van der Waals surface area contributed by atoms with Crippen LogP contribution in [0.4, 0.5) is 10.1 Å². The molecule has 0 bridgehead atoms. The number of amides is 1. The number of aliphatic imine (C=N–C) groups is 1. The minimum Gasteiger partial charge on any atom is -0.357 e. The van der Waals surface area contributed by atoms with Gasteiger partial charge in [0.25, 0.3) is 0 Å². The van der Waals surface area contributed by atoms with Crippen LogP contribution < -0.4 is 16.0 Å². The normalized spacial score (nSPS) is 14.5. The van der Waals surface area contributed by atoms with Crippen LogP contribution in [0.5, 0.6) is 0 Å². The Hall–Kier alpha value is -2.16. The van der Waals surface area contributed by atoms with E-state index in [1.165, 1.54) is 13.0 Å². The first-order valence-electron chi connectivity index (χ1n) is 9.65. The van der Waals surface area contributed by atoms with Crippen molar-refractivity contribution in [3.05, 3.63) is 65.5 Å². The fraction of sp³-hybridized carbons (Fsp3) is 0.364. The Morgan fingerprint density at radius 1 is 1.14 bits per heavy atom. The Balaban J connectivity index is 0.00000300. The van der Waals surface area contributed by atoms with Crippen molar-refractivity contribution in [2.45, 2.75) is 38.6 Å². The minimum absolute atomic E-state index is 0. The number of rotatable bonds is 7. The highest BCUT2D eigenvalue weighted by molar-refractivity contribution is 14.0. The summed E-state index contributed by atoms with van der Waals surface area (Å²) in [5, 5.41) is 9.45. The van der Waals surface area contributed by atoms with Gasteiger partial charge in [-0.2, -0.15) is 0 Å². The van der Waals surface area contributed by atoms with Gasteiger partial charge < -0.3 is 16.0 Å². The molecule has 0 aromatic heterocycles. The number of halogens is 2. The molecule has 0 saturated heterocycles. The SMILES string of the molecule is CCNC(=NCc1cccc(NC(C)=O)c1)NCC1(c2cccc(F)c2)CC1.I. The molecule has 0 atom stereocenters. The van der Waals surface area contributed by atoms with Crippen molar-refractivity contribution in [3.63, 3.8) is 0 Å². The first kappa shape index (κ1) is 23.1. The molecule has 2 aromatic carbocycles. The third kappa shape index (κ3) is 6.69. The molecule has 2 aromatic rings. The van der Waals surface area contributed by atoms with Crippen molar-refractivity contribution in [3.8, 4) is 0 Å². The minimum atomic E-state index is -0.191. The van der Waals surface area contributed by atoms with Crippen molar-refractivity contribution in [1.29, 1.82) is 0 Å². The second kappa shape index (κ2) is 10.6. The average molecular weight is 510 g/mol. The Labute approximate surface area is 188 Å². The maximum absolute atomic E-state index is 13.6. The Bertz CT molecular complexity index is 867. The average Bonchev–Trinajstić information content (AvgIpc) is 3.45. The van der Waals surface area contributed by atoms with Gasteiger partial charge in [-0.3, -0.25) is 4.79 Å². The molecule has 1 aliphatic carbocycles. The highest BCUT2D eigenvalue weighted by Gasteiger charge is 2.44. The molecule has 1 amide bonds. The summed E-state index contributed by atoms with van der Waals surface area (Å²) in [5.74, 6) is 0.446. The first-order valence-corrected chi connectivity index (χ1v) is 9.65. The highest BCUT2D eigenvalue weighted by atomic mass is 127. The van der Waals surface area contributed by atoms with Gasteiger partial charge in [0.15, 0.2) is 5.96 Å². The third-order valence-electron chi connectivity index (χ3n) is 4.90. The molecule has 29 heavy (non-hydrogen) atoms. The number of anilines is 1. The van der Waals surface area contributed by atoms with E-state index in [9.17, 15) is 9.18 Å². The summed E-state index contributed by atoms with van der Waals surface area (Å²) in [6.07, 6.45) is 2.09. The quantitative estimate of drug-likeness (QED) is 0.298. The van der Waals surface area contributed by atoms with Crippen LogP contribution in [0.2, 0.25) is 0 Å². The summed E-state index contributed by atoms with van der Waals surface area (Å²) in [5.41, 5.74) is 2.80. The van der Waals surface area contributed by atoms with Crippen molar-refractivity contribution < 1.29 is 9.18 Å². The molecule has 3 N–H and O–H groups in total. The van der Waals surface area contributed by atoms with Crippen LogP contribution in [0.3, 0.4) is 0 Å². The van der Waals surface area contributed by atoms with Crippen LogP contribution in [0.15, 0.2) is 53.5 Å². The van der Waals surface area contributed by atoms with Gasteiger partial charge in [0.1, 0.15) is 5.82 Å². The second-order valence-corrected chi connectivity index (χ2v) is 7.22. The zero-order chi connectivity index (χ0) is 20.0. The van der Waals surface area contributed by atoms with E-state index in [-0.39, 0.29) is 41.1 Å². The van der Waals surface area contributed by atoms with Gasteiger partial charge in [0.2, 0.25) is 5.91 Å². The maximum atomic E-state index is 13.6. The molecule has 1 fully saturated rings. The molecule has 156 valence electrons. The number of hydrogen-bond acceptors (Lipinski definition) is 2. The monoisotopic (exact) mass is 510 g/mol. The van der Waals surface area contributed by atoms with Gasteiger partial charge in [-0.25, -0.2) is 9.38 Å². The highest BCUT2D eigenvalue weighted by Crippen LogP contribution is 2.47. The van der Waals surface area contributed by atoms with Crippen molar-refractivity contribution in [1.82, 2.24) is 10.6 Å². The first-order chi connectivity index (χ1) is 13.5. The van der Waals surface area contributed by atoms with E-state index in [1.807, 2.05) is 37.3 Å². The molecule has 3 rings (SSSR count). The molecule has 1 aliphatic rings. The smallest absolute Gasteiger partial charge is 0.221 e. The van der Waals surface area contributed by atoms with Crippen LogP contribution in [0.1, 0.15) is 37.8 Å². The predicted octanol–water partition coefficient (Wildman–Crippen LogP) is 4.19. The summed E-state index contributed by atoms with van der Waals surface area (Å²) < 4.78 is 13.6. The van der Waals surface area contributed by atoms with Crippen molar-refractivity contribution >= 4 is 41.5 Å². The number of nitrogens with one attached hydrogen (secondary N) is 3. The van der Waals surface area contributed by atoms with Gasteiger partial charge >= 0.3 is 0 Å². The number of benzene rings is 2. The van der Waals surface area contributed by atoms with Gasteiger partial charge in [0.05, 0.1) is 6.54 Å². The molecule has 0 spiro atoms. The van der Waals surface area contributed by atoms with E-state index in [4.69, 9.17) is 0 Å². The lowest BCUT2D eigenvalue weighted by atomic mass is 9.96. The van der Waals surface area contributed by atoms with Crippen LogP contribution in [0, 0.1) is 5.82 Å². The zero-order valence-corrected chi connectivity index (χ0v) is 19.1. The number of hydrogen-bond donors (Lipinski definition) is 3. The number of guanidine groups is 1. The van der Waals surface area contributed by atoms with E-state index in [0.29, 0.717) is 13.1 Å². The van der Waals surface area contributed by atoms with Gasteiger partial charge in [-0.15, -0.1) is 24.0 Å². The predicted molar refractivity (Wildman–Crippen MR) is 126 cm³/mol. The van der Waals surface area contributed by atoms with E-state index >= 15 is 0 Å². The molecule has 0 radical (unpaired) electrons. The Kier molecular flexibility index (Phi) is 8.43.